The van der Waals surface area contributed by atoms with Gasteiger partial charge in [-0.3, -0.25) is 4.99 Å². The number of halogens is 4. The Bertz CT molecular complexity index is 794. The monoisotopic (exact) mass is 554 g/mol. The van der Waals surface area contributed by atoms with Gasteiger partial charge in [-0.15, -0.1) is 35.3 Å². The molecule has 2 aromatic rings. The molecule has 30 heavy (non-hydrogen) atoms. The molecule has 0 saturated carbocycles. The van der Waals surface area contributed by atoms with Crippen LogP contribution in [0.25, 0.3) is 0 Å². The van der Waals surface area contributed by atoms with Crippen LogP contribution in [0.3, 0.4) is 0 Å². The van der Waals surface area contributed by atoms with Crippen molar-refractivity contribution in [1.82, 2.24) is 10.2 Å². The average Bonchev–Trinajstić information content (AvgIpc) is 3.23. The number of piperazine rings is 1. The van der Waals surface area contributed by atoms with Crippen LogP contribution < -0.4 is 10.2 Å². The second-order valence-electron chi connectivity index (χ2n) is 6.75. The molecule has 0 amide bonds. The Hall–Kier alpha value is -1.53. The number of guanidine groups is 1. The van der Waals surface area contributed by atoms with E-state index in [-0.39, 0.29) is 30.6 Å². The fourth-order valence-corrected chi connectivity index (χ4v) is 4.00. The molecule has 1 fully saturated rings. The zero-order chi connectivity index (χ0) is 20.7. The van der Waals surface area contributed by atoms with E-state index in [0.717, 1.165) is 37.7 Å². The van der Waals surface area contributed by atoms with Gasteiger partial charge >= 0.3 is 6.18 Å². The van der Waals surface area contributed by atoms with E-state index in [4.69, 9.17) is 4.74 Å². The number of aliphatic imine (C=N–C) groups is 1. The van der Waals surface area contributed by atoms with Crippen LogP contribution in [0.2, 0.25) is 0 Å². The Morgan fingerprint density at radius 2 is 1.87 bits per heavy atom. The maximum absolute atomic E-state index is 12.2. The molecule has 0 bridgehead atoms. The van der Waals surface area contributed by atoms with E-state index in [0.29, 0.717) is 12.1 Å². The number of thiophene rings is 1. The van der Waals surface area contributed by atoms with E-state index in [1.165, 1.54) is 5.00 Å². The van der Waals surface area contributed by atoms with Crippen LogP contribution in [0, 0.1) is 0 Å². The summed E-state index contributed by atoms with van der Waals surface area (Å²) in [6.07, 6.45) is -4.31. The summed E-state index contributed by atoms with van der Waals surface area (Å²) in [6, 6.07) is 11.6. The lowest BCUT2D eigenvalue weighted by Crippen LogP contribution is -2.52. The van der Waals surface area contributed by atoms with E-state index in [2.05, 4.69) is 37.6 Å². The standard InChI is InChI=1S/C20H25F3N4OS.HI/c1-24-19(27-9-7-26(8-10-27)18-6-3-11-29-18)25-13-16-4-2-5-17(12-16)14-28-15-20(21,22)23;/h2-6,11-12H,7-10,13-15H2,1H3,(H,24,25);1H. The SMILES string of the molecule is CN=C(NCc1cccc(COCC(F)(F)F)c1)N1CCN(c2cccs2)CC1.I. The maximum atomic E-state index is 12.2. The Kier molecular flexibility index (Phi) is 9.69. The van der Waals surface area contributed by atoms with Crippen LogP contribution in [-0.2, 0) is 17.9 Å². The summed E-state index contributed by atoms with van der Waals surface area (Å²) in [7, 11) is 1.76. The first-order chi connectivity index (χ1) is 13.9. The minimum atomic E-state index is -4.31. The molecule has 1 aliphatic rings. The molecule has 0 radical (unpaired) electrons. The van der Waals surface area contributed by atoms with Gasteiger partial charge in [-0.1, -0.05) is 24.3 Å². The van der Waals surface area contributed by atoms with Gasteiger partial charge in [-0.25, -0.2) is 0 Å². The smallest absolute Gasteiger partial charge is 0.367 e. The minimum absolute atomic E-state index is 0. The van der Waals surface area contributed by atoms with Gasteiger partial charge in [0, 0.05) is 39.8 Å². The molecular weight excluding hydrogens is 528 g/mol. The van der Waals surface area contributed by atoms with Gasteiger partial charge in [0.15, 0.2) is 5.96 Å². The Labute approximate surface area is 195 Å². The van der Waals surface area contributed by atoms with Crippen LogP contribution in [0.4, 0.5) is 18.2 Å². The minimum Gasteiger partial charge on any atom is -0.367 e. The highest BCUT2D eigenvalue weighted by molar-refractivity contribution is 14.0. The lowest BCUT2D eigenvalue weighted by Gasteiger charge is -2.37. The predicted molar refractivity (Wildman–Crippen MR) is 126 cm³/mol. The molecule has 1 aromatic heterocycles. The van der Waals surface area contributed by atoms with Crippen molar-refractivity contribution in [2.75, 3.05) is 44.7 Å². The quantitative estimate of drug-likeness (QED) is 0.328. The van der Waals surface area contributed by atoms with Gasteiger partial charge < -0.3 is 19.9 Å². The van der Waals surface area contributed by atoms with E-state index in [9.17, 15) is 13.2 Å². The van der Waals surface area contributed by atoms with Gasteiger partial charge in [0.1, 0.15) is 6.61 Å². The van der Waals surface area contributed by atoms with Crippen LogP contribution in [-0.4, -0.2) is 56.9 Å². The number of benzene rings is 1. The fraction of sp³-hybridized carbons (Fsp3) is 0.450. The highest BCUT2D eigenvalue weighted by Gasteiger charge is 2.27. The zero-order valence-corrected chi connectivity index (χ0v) is 19.8. The summed E-state index contributed by atoms with van der Waals surface area (Å²) >= 11 is 1.75. The van der Waals surface area contributed by atoms with Gasteiger partial charge in [-0.2, -0.15) is 13.2 Å². The molecule has 0 atom stereocenters. The van der Waals surface area contributed by atoms with E-state index in [1.54, 1.807) is 24.5 Å². The van der Waals surface area contributed by atoms with Gasteiger partial charge in [-0.05, 0) is 28.6 Å². The van der Waals surface area contributed by atoms with Crippen molar-refractivity contribution in [3.8, 4) is 0 Å². The molecule has 1 N–H and O–H groups in total. The highest BCUT2D eigenvalue weighted by Crippen LogP contribution is 2.22. The molecule has 2 heterocycles. The third kappa shape index (κ3) is 7.62. The van der Waals surface area contributed by atoms with Gasteiger partial charge in [0.25, 0.3) is 0 Å². The predicted octanol–water partition coefficient (Wildman–Crippen LogP) is 4.34. The van der Waals surface area contributed by atoms with Crippen molar-refractivity contribution < 1.29 is 17.9 Å². The highest BCUT2D eigenvalue weighted by atomic mass is 127. The summed E-state index contributed by atoms with van der Waals surface area (Å²) in [6.45, 7) is 2.88. The van der Waals surface area contributed by atoms with E-state index >= 15 is 0 Å². The van der Waals surface area contributed by atoms with Crippen molar-refractivity contribution in [2.24, 2.45) is 4.99 Å². The Morgan fingerprint density at radius 3 is 2.50 bits per heavy atom. The van der Waals surface area contributed by atoms with Crippen LogP contribution >= 0.6 is 35.3 Å². The number of nitrogens with one attached hydrogen (secondary N) is 1. The number of ether oxygens (including phenoxy) is 1. The summed E-state index contributed by atoms with van der Waals surface area (Å²) in [5.41, 5.74) is 1.68. The molecule has 3 rings (SSSR count). The van der Waals surface area contributed by atoms with Crippen LogP contribution in [0.1, 0.15) is 11.1 Å². The molecule has 10 heteroatoms. The lowest BCUT2D eigenvalue weighted by atomic mass is 10.1. The first kappa shape index (κ1) is 24.7. The summed E-state index contributed by atoms with van der Waals surface area (Å²) < 4.78 is 41.4. The Balaban J connectivity index is 0.00000320. The van der Waals surface area contributed by atoms with Crippen molar-refractivity contribution in [3.63, 3.8) is 0 Å². The maximum Gasteiger partial charge on any atom is 0.411 e. The molecule has 5 nitrogen and oxygen atoms in total. The molecule has 0 spiro atoms. The zero-order valence-electron chi connectivity index (χ0n) is 16.7. The number of anilines is 1. The lowest BCUT2D eigenvalue weighted by molar-refractivity contribution is -0.176. The largest absolute Gasteiger partial charge is 0.411 e. The van der Waals surface area contributed by atoms with Crippen molar-refractivity contribution in [3.05, 3.63) is 52.9 Å². The molecule has 1 saturated heterocycles. The van der Waals surface area contributed by atoms with E-state index < -0.39 is 12.8 Å². The van der Waals surface area contributed by atoms with E-state index in [1.807, 2.05) is 18.2 Å². The average molecular weight is 554 g/mol. The Morgan fingerprint density at radius 1 is 1.13 bits per heavy atom. The number of hydrogen-bond donors (Lipinski definition) is 1. The van der Waals surface area contributed by atoms with Crippen molar-refractivity contribution in [1.29, 1.82) is 0 Å². The summed E-state index contributed by atoms with van der Waals surface area (Å²) in [5, 5.41) is 6.73. The first-order valence-corrected chi connectivity index (χ1v) is 10.3. The van der Waals surface area contributed by atoms with Crippen molar-refractivity contribution in [2.45, 2.75) is 19.3 Å². The molecule has 0 aliphatic carbocycles. The number of rotatable bonds is 6. The van der Waals surface area contributed by atoms with Crippen molar-refractivity contribution >= 4 is 46.3 Å². The van der Waals surface area contributed by atoms with Gasteiger partial charge in [0.05, 0.1) is 11.6 Å². The molecule has 166 valence electrons. The molecular formula is C20H26F3IN4OS. The third-order valence-corrected chi connectivity index (χ3v) is 5.51. The topological polar surface area (TPSA) is 40.1 Å². The normalized spacial score (nSPS) is 15.1. The third-order valence-electron chi connectivity index (χ3n) is 4.59. The van der Waals surface area contributed by atoms with Crippen LogP contribution in [0.5, 0.6) is 0 Å². The van der Waals surface area contributed by atoms with Gasteiger partial charge in [0.2, 0.25) is 0 Å². The van der Waals surface area contributed by atoms with Crippen LogP contribution in [0.15, 0.2) is 46.8 Å². The fourth-order valence-electron chi connectivity index (χ4n) is 3.22. The second kappa shape index (κ2) is 11.8. The number of alkyl halides is 3. The first-order valence-electron chi connectivity index (χ1n) is 9.41. The summed E-state index contributed by atoms with van der Waals surface area (Å²) in [4.78, 5) is 8.98. The molecule has 1 aliphatic heterocycles. The molecule has 1 aromatic carbocycles. The number of hydrogen-bond acceptors (Lipinski definition) is 4. The summed E-state index contributed by atoms with van der Waals surface area (Å²) in [5.74, 6) is 0.828. The number of nitrogens with zero attached hydrogens (tertiary/aromatic N) is 3. The molecule has 0 unspecified atom stereocenters. The second-order valence-corrected chi connectivity index (χ2v) is 7.68.